The van der Waals surface area contributed by atoms with Gasteiger partial charge in [0.25, 0.3) is 0 Å². The summed E-state index contributed by atoms with van der Waals surface area (Å²) in [5.41, 5.74) is -0.130. The lowest BCUT2D eigenvalue weighted by Crippen LogP contribution is -2.23. The Kier molecular flexibility index (Phi) is 6.52. The Morgan fingerprint density at radius 1 is 1.19 bits per heavy atom. The zero-order valence-corrected chi connectivity index (χ0v) is 14.1. The fourth-order valence-electron chi connectivity index (χ4n) is 1.76. The largest absolute Gasteiger partial charge is 0.460 e. The summed E-state index contributed by atoms with van der Waals surface area (Å²) in [5.74, 6) is -0.829. The zero-order chi connectivity index (χ0) is 16.0. The summed E-state index contributed by atoms with van der Waals surface area (Å²) in [5, 5.41) is 0. The van der Waals surface area contributed by atoms with Crippen molar-refractivity contribution in [2.75, 3.05) is 0 Å². The number of ketones is 1. The van der Waals surface area contributed by atoms with Crippen molar-refractivity contribution in [2.45, 2.75) is 52.1 Å². The third-order valence-electron chi connectivity index (χ3n) is 2.70. The minimum Gasteiger partial charge on any atom is -0.460 e. The fraction of sp³-hybridized carbons (Fsp3) is 0.500. The molecule has 0 saturated heterocycles. The number of hydrogen-bond donors (Lipinski definition) is 0. The van der Waals surface area contributed by atoms with Gasteiger partial charge in [-0.15, -0.1) is 0 Å². The van der Waals surface area contributed by atoms with E-state index in [9.17, 15) is 14.0 Å². The number of benzene rings is 1. The molecule has 21 heavy (non-hydrogen) atoms. The summed E-state index contributed by atoms with van der Waals surface area (Å²) >= 11 is 3.04. The van der Waals surface area contributed by atoms with Crippen molar-refractivity contribution in [2.24, 2.45) is 0 Å². The second-order valence-electron chi connectivity index (χ2n) is 5.85. The van der Waals surface area contributed by atoms with E-state index in [4.69, 9.17) is 4.74 Å². The van der Waals surface area contributed by atoms with Gasteiger partial charge in [0.05, 0.1) is 4.47 Å². The van der Waals surface area contributed by atoms with Crippen LogP contribution < -0.4 is 0 Å². The number of rotatable bonds is 6. The van der Waals surface area contributed by atoms with E-state index in [1.165, 1.54) is 12.1 Å². The van der Waals surface area contributed by atoms with Gasteiger partial charge < -0.3 is 4.74 Å². The highest BCUT2D eigenvalue weighted by Gasteiger charge is 2.16. The Morgan fingerprint density at radius 2 is 1.81 bits per heavy atom. The maximum absolute atomic E-state index is 13.3. The smallest absolute Gasteiger partial charge is 0.306 e. The van der Waals surface area contributed by atoms with Crippen LogP contribution in [0.5, 0.6) is 0 Å². The van der Waals surface area contributed by atoms with Crippen molar-refractivity contribution in [3.63, 3.8) is 0 Å². The molecule has 5 heteroatoms. The molecule has 1 aromatic rings. The van der Waals surface area contributed by atoms with Crippen molar-refractivity contribution >= 4 is 27.7 Å². The predicted molar refractivity (Wildman–Crippen MR) is 82.7 cm³/mol. The predicted octanol–water partition coefficient (Wildman–Crippen LogP) is 4.67. The molecule has 0 unspecified atom stereocenters. The Morgan fingerprint density at radius 3 is 2.38 bits per heavy atom. The van der Waals surface area contributed by atoms with E-state index < -0.39 is 11.4 Å². The second kappa shape index (κ2) is 7.69. The highest BCUT2D eigenvalue weighted by Crippen LogP contribution is 2.18. The summed E-state index contributed by atoms with van der Waals surface area (Å²) < 4.78 is 18.8. The van der Waals surface area contributed by atoms with Gasteiger partial charge in [-0.2, -0.15) is 0 Å². The quantitative estimate of drug-likeness (QED) is 0.421. The summed E-state index contributed by atoms with van der Waals surface area (Å²) in [6.45, 7) is 5.45. The highest BCUT2D eigenvalue weighted by atomic mass is 79.9. The number of halogens is 2. The van der Waals surface area contributed by atoms with Gasteiger partial charge >= 0.3 is 5.97 Å². The molecule has 0 aromatic heterocycles. The number of carbonyl (C=O) groups is 2. The van der Waals surface area contributed by atoms with Crippen LogP contribution in [0.25, 0.3) is 0 Å². The molecule has 0 spiro atoms. The van der Waals surface area contributed by atoms with Crippen LogP contribution in [0.15, 0.2) is 22.7 Å². The lowest BCUT2D eigenvalue weighted by atomic mass is 10.0. The first kappa shape index (κ1) is 17.8. The molecule has 0 fully saturated rings. The third kappa shape index (κ3) is 6.85. The lowest BCUT2D eigenvalue weighted by Gasteiger charge is -2.19. The molecule has 1 aromatic carbocycles. The van der Waals surface area contributed by atoms with E-state index in [0.717, 1.165) is 0 Å². The molecule has 0 radical (unpaired) electrons. The van der Waals surface area contributed by atoms with Gasteiger partial charge in [0.2, 0.25) is 0 Å². The van der Waals surface area contributed by atoms with E-state index in [1.807, 2.05) is 20.8 Å². The van der Waals surface area contributed by atoms with Crippen LogP contribution >= 0.6 is 15.9 Å². The molecule has 0 amide bonds. The van der Waals surface area contributed by atoms with Gasteiger partial charge in [-0.25, -0.2) is 4.39 Å². The zero-order valence-electron chi connectivity index (χ0n) is 12.5. The minimum atomic E-state index is -0.484. The normalized spacial score (nSPS) is 11.3. The van der Waals surface area contributed by atoms with Gasteiger partial charge in [-0.3, -0.25) is 9.59 Å². The van der Waals surface area contributed by atoms with E-state index in [2.05, 4.69) is 15.9 Å². The molecule has 0 N–H and O–H groups in total. The van der Waals surface area contributed by atoms with Gasteiger partial charge in [0, 0.05) is 18.4 Å². The van der Waals surface area contributed by atoms with Crippen molar-refractivity contribution in [1.82, 2.24) is 0 Å². The molecule has 0 atom stereocenters. The standard InChI is InChI=1S/C16H20BrFO3/c1-16(2,3)21-15(20)7-5-4-6-14(19)11-8-9-12(17)13(18)10-11/h8-10H,4-7H2,1-3H3. The molecule has 3 nitrogen and oxygen atoms in total. The second-order valence-corrected chi connectivity index (χ2v) is 6.70. The van der Waals surface area contributed by atoms with Crippen LogP contribution in [0, 0.1) is 5.82 Å². The van der Waals surface area contributed by atoms with Gasteiger partial charge in [0.15, 0.2) is 5.78 Å². The van der Waals surface area contributed by atoms with Crippen molar-refractivity contribution < 1.29 is 18.7 Å². The summed E-state index contributed by atoms with van der Waals surface area (Å²) in [7, 11) is 0. The summed E-state index contributed by atoms with van der Waals surface area (Å²) in [4.78, 5) is 23.4. The average molecular weight is 359 g/mol. The van der Waals surface area contributed by atoms with Crippen LogP contribution in [0.4, 0.5) is 4.39 Å². The maximum Gasteiger partial charge on any atom is 0.306 e. The molecular weight excluding hydrogens is 339 g/mol. The monoisotopic (exact) mass is 358 g/mol. The topological polar surface area (TPSA) is 43.4 Å². The Bertz CT molecular complexity index is 521. The summed E-state index contributed by atoms with van der Waals surface area (Å²) in [6.07, 6.45) is 1.75. The van der Waals surface area contributed by atoms with Gasteiger partial charge in [0.1, 0.15) is 11.4 Å². The highest BCUT2D eigenvalue weighted by molar-refractivity contribution is 9.10. The molecule has 0 aliphatic heterocycles. The minimum absolute atomic E-state index is 0.120. The number of carbonyl (C=O) groups excluding carboxylic acids is 2. The van der Waals surface area contributed by atoms with Crippen molar-refractivity contribution in [3.05, 3.63) is 34.1 Å². The molecule has 0 aliphatic carbocycles. The van der Waals surface area contributed by atoms with E-state index >= 15 is 0 Å². The first-order chi connectivity index (χ1) is 9.69. The number of ether oxygens (including phenoxy) is 1. The lowest BCUT2D eigenvalue weighted by molar-refractivity contribution is -0.154. The maximum atomic E-state index is 13.3. The Labute approximate surface area is 133 Å². The van der Waals surface area contributed by atoms with Crippen LogP contribution in [0.1, 0.15) is 56.8 Å². The molecule has 0 saturated carbocycles. The molecule has 0 bridgehead atoms. The van der Waals surface area contributed by atoms with Gasteiger partial charge in [-0.05, 0) is 61.7 Å². The van der Waals surface area contributed by atoms with E-state index in [1.54, 1.807) is 6.07 Å². The molecule has 0 heterocycles. The Balaban J connectivity index is 2.34. The van der Waals surface area contributed by atoms with Crippen LogP contribution in [0.2, 0.25) is 0 Å². The van der Waals surface area contributed by atoms with Crippen LogP contribution in [-0.2, 0) is 9.53 Å². The number of esters is 1. The fourth-order valence-corrected chi connectivity index (χ4v) is 2.01. The molecule has 1 rings (SSSR count). The van der Waals surface area contributed by atoms with Crippen molar-refractivity contribution in [3.8, 4) is 0 Å². The molecule has 116 valence electrons. The first-order valence-corrected chi connectivity index (χ1v) is 7.68. The Hall–Kier alpha value is -1.23. The SMILES string of the molecule is CC(C)(C)OC(=O)CCCCC(=O)c1ccc(Br)c(F)c1. The van der Waals surface area contributed by atoms with Crippen LogP contribution in [0.3, 0.4) is 0 Å². The van der Waals surface area contributed by atoms with E-state index in [-0.39, 0.29) is 11.8 Å². The summed E-state index contributed by atoms with van der Waals surface area (Å²) in [6, 6.07) is 4.33. The van der Waals surface area contributed by atoms with Crippen LogP contribution in [-0.4, -0.2) is 17.4 Å². The number of unbranched alkanes of at least 4 members (excludes halogenated alkanes) is 1. The van der Waals surface area contributed by atoms with Gasteiger partial charge in [-0.1, -0.05) is 6.07 Å². The van der Waals surface area contributed by atoms with E-state index in [0.29, 0.717) is 35.7 Å². The van der Waals surface area contributed by atoms with Crippen molar-refractivity contribution in [1.29, 1.82) is 0 Å². The molecule has 0 aliphatic rings. The number of Topliss-reactive ketones (excluding diaryl/α,β-unsaturated/α-hetero) is 1. The average Bonchev–Trinajstić information content (AvgIpc) is 2.35. The first-order valence-electron chi connectivity index (χ1n) is 6.89. The molecular formula is C16H20BrFO3. The third-order valence-corrected chi connectivity index (χ3v) is 3.34. The number of hydrogen-bond acceptors (Lipinski definition) is 3.